The minimum absolute atomic E-state index is 0.134. The molecule has 1 aliphatic rings. The molecule has 0 aliphatic carbocycles. The third-order valence-electron chi connectivity index (χ3n) is 4.29. The Hall–Kier alpha value is -1.53. The maximum Gasteiger partial charge on any atom is 0.151 e. The van der Waals surface area contributed by atoms with Crippen LogP contribution in [0.5, 0.6) is 0 Å². The summed E-state index contributed by atoms with van der Waals surface area (Å²) in [7, 11) is 0. The van der Waals surface area contributed by atoms with E-state index in [1.165, 1.54) is 22.7 Å². The predicted octanol–water partition coefficient (Wildman–Crippen LogP) is 3.30. The number of thiazole rings is 1. The molecule has 1 atom stereocenters. The van der Waals surface area contributed by atoms with Gasteiger partial charge in [0.05, 0.1) is 10.7 Å². The largest absolute Gasteiger partial charge is 0.354 e. The van der Waals surface area contributed by atoms with Crippen molar-refractivity contribution < 1.29 is 0 Å². The van der Waals surface area contributed by atoms with E-state index in [1.54, 1.807) is 0 Å². The van der Waals surface area contributed by atoms with Crippen LogP contribution >= 0.6 is 11.3 Å². The summed E-state index contributed by atoms with van der Waals surface area (Å²) in [5, 5.41) is 13.4. The second kappa shape index (κ2) is 7.15. The molecule has 1 saturated heterocycles. The van der Waals surface area contributed by atoms with Crippen molar-refractivity contribution in [3.63, 3.8) is 0 Å². The maximum absolute atomic E-state index is 4.57. The number of rotatable bonds is 4. The van der Waals surface area contributed by atoms with Crippen LogP contribution in [0.1, 0.15) is 49.2 Å². The van der Waals surface area contributed by atoms with Crippen LogP contribution in [-0.2, 0) is 12.0 Å². The summed E-state index contributed by atoms with van der Waals surface area (Å²) in [5.41, 5.74) is 1.10. The Bertz CT molecular complexity index is 659. The van der Waals surface area contributed by atoms with Gasteiger partial charge in [0.25, 0.3) is 0 Å². The average Bonchev–Trinajstić information content (AvgIpc) is 3.03. The molecule has 1 aliphatic heterocycles. The van der Waals surface area contributed by atoms with E-state index in [-0.39, 0.29) is 5.41 Å². The summed E-state index contributed by atoms with van der Waals surface area (Å²) in [6.07, 6.45) is 4.41. The topological polar surface area (TPSA) is 53.9 Å². The Kier molecular flexibility index (Phi) is 5.15. The van der Waals surface area contributed by atoms with E-state index in [0.717, 1.165) is 31.1 Å². The van der Waals surface area contributed by atoms with Gasteiger partial charge in [-0.05, 0) is 31.9 Å². The number of nitrogens with one attached hydrogen (secondary N) is 1. The highest BCUT2D eigenvalue weighted by Gasteiger charge is 2.22. The smallest absolute Gasteiger partial charge is 0.151 e. The maximum atomic E-state index is 4.57. The van der Waals surface area contributed by atoms with Crippen LogP contribution < -0.4 is 10.2 Å². The first-order valence-corrected chi connectivity index (χ1v) is 9.47. The Balaban J connectivity index is 1.56. The molecule has 0 amide bonds. The molecule has 0 radical (unpaired) electrons. The Morgan fingerprint density at radius 2 is 2.12 bits per heavy atom. The summed E-state index contributed by atoms with van der Waals surface area (Å²) in [5.74, 6) is 0.986. The van der Waals surface area contributed by atoms with Crippen LogP contribution in [0.4, 0.5) is 5.82 Å². The zero-order valence-electron chi connectivity index (χ0n) is 15.0. The van der Waals surface area contributed by atoms with Crippen LogP contribution in [0, 0.1) is 6.92 Å². The van der Waals surface area contributed by atoms with Crippen LogP contribution in [0.15, 0.2) is 18.3 Å². The van der Waals surface area contributed by atoms with Crippen molar-refractivity contribution in [2.24, 2.45) is 0 Å². The molecule has 6 heteroatoms. The molecule has 0 spiro atoms. The highest BCUT2D eigenvalue weighted by Crippen LogP contribution is 2.27. The van der Waals surface area contributed by atoms with Crippen molar-refractivity contribution in [2.75, 3.05) is 18.0 Å². The van der Waals surface area contributed by atoms with Gasteiger partial charge >= 0.3 is 0 Å². The lowest BCUT2D eigenvalue weighted by molar-refractivity contribution is 0.420. The van der Waals surface area contributed by atoms with Gasteiger partial charge < -0.3 is 10.2 Å². The standard InChI is InChI=1S/C18H27N5S/c1-13-7-8-16(22-21-13)23-9-5-6-14(12-23)19-10-15-11-20-17(24-15)18(2,3)4/h7-8,11,14,19H,5-6,9-10,12H2,1-4H3/t14-/m1/s1. The Morgan fingerprint density at radius 3 is 2.79 bits per heavy atom. The van der Waals surface area contributed by atoms with E-state index in [2.05, 4.69) is 52.2 Å². The third-order valence-corrected chi connectivity index (χ3v) is 5.71. The molecule has 2 aromatic heterocycles. The van der Waals surface area contributed by atoms with E-state index in [1.807, 2.05) is 30.5 Å². The van der Waals surface area contributed by atoms with Crippen LogP contribution in [0.2, 0.25) is 0 Å². The van der Waals surface area contributed by atoms with Gasteiger partial charge in [-0.3, -0.25) is 0 Å². The van der Waals surface area contributed by atoms with E-state index in [9.17, 15) is 0 Å². The zero-order valence-corrected chi connectivity index (χ0v) is 15.9. The molecular formula is C18H27N5S. The summed E-state index contributed by atoms with van der Waals surface area (Å²) >= 11 is 1.82. The first-order valence-electron chi connectivity index (χ1n) is 8.65. The molecule has 2 aromatic rings. The normalized spacial score (nSPS) is 18.8. The van der Waals surface area contributed by atoms with E-state index in [4.69, 9.17) is 0 Å². The first-order chi connectivity index (χ1) is 11.4. The molecule has 0 aromatic carbocycles. The molecule has 3 rings (SSSR count). The fourth-order valence-corrected chi connectivity index (χ4v) is 3.81. The van der Waals surface area contributed by atoms with Crippen molar-refractivity contribution in [2.45, 2.75) is 58.5 Å². The number of hydrogen-bond acceptors (Lipinski definition) is 6. The molecular weight excluding hydrogens is 318 g/mol. The second-order valence-corrected chi connectivity index (χ2v) is 8.70. The molecule has 3 heterocycles. The Morgan fingerprint density at radius 1 is 1.29 bits per heavy atom. The minimum Gasteiger partial charge on any atom is -0.354 e. The monoisotopic (exact) mass is 345 g/mol. The van der Waals surface area contributed by atoms with Crippen LogP contribution in [-0.4, -0.2) is 34.3 Å². The fraction of sp³-hybridized carbons (Fsp3) is 0.611. The van der Waals surface area contributed by atoms with Crippen molar-refractivity contribution >= 4 is 17.2 Å². The number of anilines is 1. The molecule has 5 nitrogen and oxygen atoms in total. The SMILES string of the molecule is Cc1ccc(N2CCC[C@@H](NCc3cnc(C(C)(C)C)s3)C2)nn1. The van der Waals surface area contributed by atoms with Gasteiger partial charge in [-0.25, -0.2) is 4.98 Å². The lowest BCUT2D eigenvalue weighted by atomic mass is 9.98. The van der Waals surface area contributed by atoms with Gasteiger partial charge in [-0.2, -0.15) is 5.10 Å². The summed E-state index contributed by atoms with van der Waals surface area (Å²) in [4.78, 5) is 8.22. The number of nitrogens with zero attached hydrogens (tertiary/aromatic N) is 4. The molecule has 130 valence electrons. The summed E-state index contributed by atoms with van der Waals surface area (Å²) in [6.45, 7) is 11.6. The predicted molar refractivity (Wildman–Crippen MR) is 99.7 cm³/mol. The van der Waals surface area contributed by atoms with Crippen molar-refractivity contribution in [3.8, 4) is 0 Å². The quantitative estimate of drug-likeness (QED) is 0.921. The van der Waals surface area contributed by atoms with Crippen molar-refractivity contribution in [3.05, 3.63) is 33.9 Å². The van der Waals surface area contributed by atoms with E-state index >= 15 is 0 Å². The van der Waals surface area contributed by atoms with Gasteiger partial charge in [0, 0.05) is 42.2 Å². The van der Waals surface area contributed by atoms with Gasteiger partial charge in [-0.15, -0.1) is 16.4 Å². The third kappa shape index (κ3) is 4.30. The van der Waals surface area contributed by atoms with Gasteiger partial charge in [0.15, 0.2) is 5.82 Å². The molecule has 0 saturated carbocycles. The number of hydrogen-bond donors (Lipinski definition) is 1. The average molecular weight is 346 g/mol. The molecule has 0 unspecified atom stereocenters. The van der Waals surface area contributed by atoms with E-state index in [0.29, 0.717) is 6.04 Å². The summed E-state index contributed by atoms with van der Waals surface area (Å²) < 4.78 is 0. The van der Waals surface area contributed by atoms with Crippen molar-refractivity contribution in [1.29, 1.82) is 0 Å². The first kappa shape index (κ1) is 17.3. The molecule has 0 bridgehead atoms. The lowest BCUT2D eigenvalue weighted by Gasteiger charge is -2.33. The van der Waals surface area contributed by atoms with Gasteiger partial charge in [-0.1, -0.05) is 20.8 Å². The number of piperidine rings is 1. The summed E-state index contributed by atoms with van der Waals surface area (Å²) in [6, 6.07) is 4.59. The zero-order chi connectivity index (χ0) is 17.2. The van der Waals surface area contributed by atoms with Crippen LogP contribution in [0.3, 0.4) is 0 Å². The molecule has 1 fully saturated rings. The van der Waals surface area contributed by atoms with E-state index < -0.39 is 0 Å². The van der Waals surface area contributed by atoms with Gasteiger partial charge in [0.1, 0.15) is 0 Å². The number of aryl methyl sites for hydroxylation is 1. The number of aromatic nitrogens is 3. The van der Waals surface area contributed by atoms with Crippen LogP contribution in [0.25, 0.3) is 0 Å². The highest BCUT2D eigenvalue weighted by molar-refractivity contribution is 7.11. The lowest BCUT2D eigenvalue weighted by Crippen LogP contribution is -2.45. The van der Waals surface area contributed by atoms with Crippen molar-refractivity contribution in [1.82, 2.24) is 20.5 Å². The Labute approximate surface area is 148 Å². The molecule has 1 N–H and O–H groups in total. The molecule has 24 heavy (non-hydrogen) atoms. The minimum atomic E-state index is 0.134. The highest BCUT2D eigenvalue weighted by atomic mass is 32.1. The van der Waals surface area contributed by atoms with Gasteiger partial charge in [0.2, 0.25) is 0 Å². The second-order valence-electron chi connectivity index (χ2n) is 7.58. The fourth-order valence-electron chi connectivity index (χ4n) is 2.89.